The summed E-state index contributed by atoms with van der Waals surface area (Å²) in [4.78, 5) is 12.4. The zero-order valence-electron chi connectivity index (χ0n) is 13.1. The van der Waals surface area contributed by atoms with E-state index in [1.807, 2.05) is 6.92 Å². The maximum atomic E-state index is 12.4. The van der Waals surface area contributed by atoms with E-state index in [1.54, 1.807) is 0 Å². The molecule has 4 fully saturated rings. The van der Waals surface area contributed by atoms with Gasteiger partial charge in [0.2, 0.25) is 0 Å². The van der Waals surface area contributed by atoms with Crippen LogP contribution < -0.4 is 0 Å². The van der Waals surface area contributed by atoms with Gasteiger partial charge in [-0.05, 0) is 73.5 Å². The largest absolute Gasteiger partial charge is 0.392 e. The topological polar surface area (TPSA) is 37.3 Å². The van der Waals surface area contributed by atoms with Crippen LogP contribution in [0.3, 0.4) is 0 Å². The molecule has 0 aromatic rings. The number of Topliss-reactive ketones (excluding diaryl/α,β-unsaturated/α-hetero) is 1. The third kappa shape index (κ3) is 1.18. The highest BCUT2D eigenvalue weighted by Crippen LogP contribution is 2.79. The van der Waals surface area contributed by atoms with Crippen LogP contribution in [0.4, 0.5) is 0 Å². The van der Waals surface area contributed by atoms with Gasteiger partial charge in [-0.1, -0.05) is 19.1 Å². The Kier molecular flexibility index (Phi) is 2.13. The first-order chi connectivity index (χ1) is 9.93. The molecule has 0 saturated heterocycles. The van der Waals surface area contributed by atoms with E-state index in [2.05, 4.69) is 19.1 Å². The summed E-state index contributed by atoms with van der Waals surface area (Å²) in [7, 11) is 0. The van der Waals surface area contributed by atoms with Crippen molar-refractivity contribution in [1.82, 2.24) is 0 Å². The number of allylic oxidation sites excluding steroid dienone is 2. The Morgan fingerprint density at radius 1 is 1.24 bits per heavy atom. The molecule has 2 heteroatoms. The lowest BCUT2D eigenvalue weighted by Gasteiger charge is -2.56. The first-order valence-corrected chi connectivity index (χ1v) is 8.84. The molecule has 2 nitrogen and oxygen atoms in total. The number of rotatable bonds is 0. The second-order valence-electron chi connectivity index (χ2n) is 9.04. The Bertz CT molecular complexity index is 566. The highest BCUT2D eigenvalue weighted by atomic mass is 16.3. The Morgan fingerprint density at radius 3 is 2.81 bits per heavy atom. The maximum Gasteiger partial charge on any atom is 0.141 e. The van der Waals surface area contributed by atoms with E-state index in [1.165, 1.54) is 19.3 Å². The maximum absolute atomic E-state index is 12.4. The van der Waals surface area contributed by atoms with E-state index in [9.17, 15) is 9.90 Å². The predicted molar refractivity (Wildman–Crippen MR) is 80.5 cm³/mol. The van der Waals surface area contributed by atoms with Crippen molar-refractivity contribution in [3.63, 3.8) is 0 Å². The van der Waals surface area contributed by atoms with E-state index in [4.69, 9.17) is 0 Å². The van der Waals surface area contributed by atoms with Crippen LogP contribution in [0, 0.1) is 39.9 Å². The average Bonchev–Trinajstić information content (AvgIpc) is 2.98. The molecule has 0 aromatic carbocycles. The molecule has 8 atom stereocenters. The number of aliphatic hydroxyl groups is 1. The first-order valence-electron chi connectivity index (χ1n) is 8.84. The molecule has 0 aliphatic heterocycles. The van der Waals surface area contributed by atoms with Crippen molar-refractivity contribution in [3.8, 4) is 0 Å². The number of carbonyl (C=O) groups excluding carboxylic acids is 1. The third-order valence-corrected chi connectivity index (χ3v) is 8.81. The normalized spacial score (nSPS) is 63.8. The molecule has 0 radical (unpaired) electrons. The van der Waals surface area contributed by atoms with E-state index in [0.29, 0.717) is 40.8 Å². The summed E-state index contributed by atoms with van der Waals surface area (Å²) in [6.07, 6.45) is 11.2. The van der Waals surface area contributed by atoms with Gasteiger partial charge in [0.25, 0.3) is 0 Å². The van der Waals surface area contributed by atoms with E-state index >= 15 is 0 Å². The predicted octanol–water partition coefficient (Wildman–Crippen LogP) is 3.35. The van der Waals surface area contributed by atoms with Crippen LogP contribution >= 0.6 is 0 Å². The van der Waals surface area contributed by atoms with Crippen molar-refractivity contribution >= 4 is 5.78 Å². The van der Waals surface area contributed by atoms with Crippen molar-refractivity contribution in [3.05, 3.63) is 12.2 Å². The molecule has 2 unspecified atom stereocenters. The van der Waals surface area contributed by atoms with Gasteiger partial charge in [0.15, 0.2) is 0 Å². The Balaban J connectivity index is 1.62. The van der Waals surface area contributed by atoms with E-state index in [0.717, 1.165) is 18.8 Å². The summed E-state index contributed by atoms with van der Waals surface area (Å²) in [5, 5.41) is 10.8. The van der Waals surface area contributed by atoms with Gasteiger partial charge in [-0.15, -0.1) is 0 Å². The summed E-state index contributed by atoms with van der Waals surface area (Å²) in [5.41, 5.74) is 0.378. The average molecular weight is 286 g/mol. The van der Waals surface area contributed by atoms with Crippen LogP contribution in [0.5, 0.6) is 0 Å². The number of ketones is 1. The number of hydrogen-bond acceptors (Lipinski definition) is 2. The van der Waals surface area contributed by atoms with Crippen LogP contribution in [0.2, 0.25) is 0 Å². The summed E-state index contributed by atoms with van der Waals surface area (Å²) in [6.45, 7) is 4.54. The fourth-order valence-electron chi connectivity index (χ4n) is 7.29. The molecule has 21 heavy (non-hydrogen) atoms. The standard InChI is InChI=1S/C19H26O2/c1-17-7-5-11-10-19(11,17)8-6-12-13-3-4-15(20)18(13,2)16(21)9-14(12)17/h6,8,11-14,16,21H,3-5,7,9-10H2,1-2H3/t11?,12-,13-,14-,16+,17+,18-,19?/m0/s1. The van der Waals surface area contributed by atoms with Gasteiger partial charge in [0, 0.05) is 6.42 Å². The third-order valence-electron chi connectivity index (χ3n) is 8.81. The van der Waals surface area contributed by atoms with E-state index in [-0.39, 0.29) is 0 Å². The first kappa shape index (κ1) is 12.9. The highest BCUT2D eigenvalue weighted by molar-refractivity contribution is 5.88. The second kappa shape index (κ2) is 3.48. The monoisotopic (exact) mass is 286 g/mol. The molecule has 1 spiro atoms. The molecule has 5 aliphatic carbocycles. The van der Waals surface area contributed by atoms with Crippen molar-refractivity contribution in [2.75, 3.05) is 0 Å². The summed E-state index contributed by atoms with van der Waals surface area (Å²) in [6, 6.07) is 0. The minimum Gasteiger partial charge on any atom is -0.392 e. The Morgan fingerprint density at radius 2 is 2.05 bits per heavy atom. The highest BCUT2D eigenvalue weighted by Gasteiger charge is 2.73. The van der Waals surface area contributed by atoms with Crippen LogP contribution in [-0.4, -0.2) is 17.0 Å². The molecular formula is C19H26O2. The van der Waals surface area contributed by atoms with Gasteiger partial charge >= 0.3 is 0 Å². The molecule has 5 rings (SSSR count). The molecule has 0 aromatic heterocycles. The smallest absolute Gasteiger partial charge is 0.141 e. The van der Waals surface area contributed by atoms with Crippen molar-refractivity contribution in [2.45, 2.75) is 58.5 Å². The zero-order valence-corrected chi connectivity index (χ0v) is 13.1. The van der Waals surface area contributed by atoms with Gasteiger partial charge in [0.05, 0.1) is 11.5 Å². The molecule has 0 amide bonds. The number of fused-ring (bicyclic) bond motifs is 4. The fourth-order valence-corrected chi connectivity index (χ4v) is 7.29. The number of hydrogen-bond donors (Lipinski definition) is 1. The zero-order chi connectivity index (χ0) is 14.6. The Hall–Kier alpha value is -0.630. The number of carbonyl (C=O) groups is 1. The second-order valence-corrected chi connectivity index (χ2v) is 9.04. The molecule has 0 heterocycles. The lowest BCUT2D eigenvalue weighted by molar-refractivity contribution is -0.148. The molecular weight excluding hydrogens is 260 g/mol. The van der Waals surface area contributed by atoms with E-state index < -0.39 is 11.5 Å². The van der Waals surface area contributed by atoms with Crippen LogP contribution in [-0.2, 0) is 4.79 Å². The van der Waals surface area contributed by atoms with Crippen molar-refractivity contribution in [2.24, 2.45) is 39.9 Å². The van der Waals surface area contributed by atoms with Crippen molar-refractivity contribution < 1.29 is 9.90 Å². The SMILES string of the molecule is C[C@@]12C(=O)CC[C@H]1[C@@H]1C=CC34CC3CC[C@]4(C)[C@H]1C[C@H]2O. The lowest BCUT2D eigenvalue weighted by Crippen LogP contribution is -2.56. The number of aliphatic hydroxyl groups excluding tert-OH is 1. The van der Waals surface area contributed by atoms with Crippen LogP contribution in [0.25, 0.3) is 0 Å². The quantitative estimate of drug-likeness (QED) is 0.693. The van der Waals surface area contributed by atoms with Gasteiger partial charge in [-0.2, -0.15) is 0 Å². The fraction of sp³-hybridized carbons (Fsp3) is 0.842. The molecule has 4 saturated carbocycles. The summed E-state index contributed by atoms with van der Waals surface area (Å²) < 4.78 is 0. The van der Waals surface area contributed by atoms with Gasteiger partial charge < -0.3 is 5.11 Å². The molecule has 114 valence electrons. The van der Waals surface area contributed by atoms with Gasteiger partial charge in [0.1, 0.15) is 5.78 Å². The van der Waals surface area contributed by atoms with Gasteiger partial charge in [-0.3, -0.25) is 4.79 Å². The van der Waals surface area contributed by atoms with Crippen LogP contribution in [0.15, 0.2) is 12.2 Å². The van der Waals surface area contributed by atoms with Crippen LogP contribution in [0.1, 0.15) is 52.4 Å². The minimum absolute atomic E-state index is 0.313. The summed E-state index contributed by atoms with van der Waals surface area (Å²) >= 11 is 0. The lowest BCUT2D eigenvalue weighted by atomic mass is 9.48. The minimum atomic E-state index is -0.464. The molecule has 1 N–H and O–H groups in total. The van der Waals surface area contributed by atoms with Crippen molar-refractivity contribution in [1.29, 1.82) is 0 Å². The van der Waals surface area contributed by atoms with Gasteiger partial charge in [-0.25, -0.2) is 0 Å². The molecule has 5 aliphatic rings. The Labute approximate surface area is 127 Å². The summed E-state index contributed by atoms with van der Waals surface area (Å²) in [5.74, 6) is 2.72. The molecule has 0 bridgehead atoms.